The summed E-state index contributed by atoms with van der Waals surface area (Å²) in [5.41, 5.74) is 1.66. The number of aromatic nitrogens is 4. The molecule has 0 saturated carbocycles. The number of hydrogen-bond acceptors (Lipinski definition) is 6. The van der Waals surface area contributed by atoms with E-state index in [4.69, 9.17) is 4.42 Å². The molecule has 0 saturated heterocycles. The zero-order valence-corrected chi connectivity index (χ0v) is 12.1. The molecule has 0 radical (unpaired) electrons. The summed E-state index contributed by atoms with van der Waals surface area (Å²) in [5.74, 6) is 0.756. The Bertz CT molecular complexity index is 822. The van der Waals surface area contributed by atoms with Crippen LogP contribution in [0.4, 0.5) is 5.69 Å². The Labute approximate surface area is 125 Å². The quantitative estimate of drug-likeness (QED) is 0.542. The van der Waals surface area contributed by atoms with Gasteiger partial charge in [0.05, 0.1) is 4.92 Å². The van der Waals surface area contributed by atoms with Gasteiger partial charge in [0, 0.05) is 5.56 Å². The molecule has 0 spiro atoms. The summed E-state index contributed by atoms with van der Waals surface area (Å²) in [6.45, 7) is 3.44. The van der Waals surface area contributed by atoms with Gasteiger partial charge in [0.15, 0.2) is 0 Å². The third-order valence-electron chi connectivity index (χ3n) is 3.30. The molecule has 0 amide bonds. The van der Waals surface area contributed by atoms with Crippen molar-refractivity contribution in [1.82, 2.24) is 20.0 Å². The molecule has 0 aliphatic heterocycles. The number of rotatable bonds is 4. The highest BCUT2D eigenvalue weighted by atomic mass is 16.6. The summed E-state index contributed by atoms with van der Waals surface area (Å²) in [5, 5.41) is 23.1. The number of nitrogens with zero attached hydrogens (tertiary/aromatic N) is 5. The molecule has 2 heterocycles. The van der Waals surface area contributed by atoms with Crippen LogP contribution in [0.2, 0.25) is 0 Å². The molecule has 0 aliphatic rings. The van der Waals surface area contributed by atoms with E-state index in [-0.39, 0.29) is 12.2 Å². The summed E-state index contributed by atoms with van der Waals surface area (Å²) in [6, 6.07) is 9.39. The fraction of sp³-hybridized carbons (Fsp3) is 0.214. The fourth-order valence-electron chi connectivity index (χ4n) is 2.25. The van der Waals surface area contributed by atoms with Gasteiger partial charge in [0.2, 0.25) is 11.8 Å². The standard InChI is InChI=1S/C14H13N5O3/c1-9-13(19(20)21)10(2)18(17-9)8-12-15-16-14(22-12)11-6-4-3-5-7-11/h3-7H,8H2,1-2H3. The Morgan fingerprint density at radius 1 is 1.23 bits per heavy atom. The van der Waals surface area contributed by atoms with E-state index in [0.717, 1.165) is 5.56 Å². The SMILES string of the molecule is Cc1nn(Cc2nnc(-c3ccccc3)o2)c(C)c1[N+](=O)[O-]. The second-order valence-corrected chi connectivity index (χ2v) is 4.80. The van der Waals surface area contributed by atoms with E-state index in [9.17, 15) is 10.1 Å². The van der Waals surface area contributed by atoms with Gasteiger partial charge in [-0.25, -0.2) is 0 Å². The molecule has 1 aromatic carbocycles. The van der Waals surface area contributed by atoms with Crippen LogP contribution in [0.25, 0.3) is 11.5 Å². The van der Waals surface area contributed by atoms with Crippen molar-refractivity contribution in [2.24, 2.45) is 0 Å². The number of benzene rings is 1. The van der Waals surface area contributed by atoms with Crippen molar-refractivity contribution in [1.29, 1.82) is 0 Å². The Hall–Kier alpha value is -3.03. The largest absolute Gasteiger partial charge is 0.419 e. The first kappa shape index (κ1) is 13.9. The molecule has 22 heavy (non-hydrogen) atoms. The first-order valence-corrected chi connectivity index (χ1v) is 6.62. The summed E-state index contributed by atoms with van der Waals surface area (Å²) < 4.78 is 7.08. The normalized spacial score (nSPS) is 10.8. The van der Waals surface area contributed by atoms with Crippen molar-refractivity contribution in [3.8, 4) is 11.5 Å². The molecule has 0 fully saturated rings. The Kier molecular flexibility index (Phi) is 3.42. The van der Waals surface area contributed by atoms with E-state index >= 15 is 0 Å². The lowest BCUT2D eigenvalue weighted by molar-refractivity contribution is -0.386. The molecule has 2 aromatic heterocycles. The Balaban J connectivity index is 1.88. The lowest BCUT2D eigenvalue weighted by atomic mass is 10.2. The van der Waals surface area contributed by atoms with Crippen molar-refractivity contribution in [2.75, 3.05) is 0 Å². The van der Waals surface area contributed by atoms with Crippen LogP contribution >= 0.6 is 0 Å². The molecule has 3 rings (SSSR count). The third-order valence-corrected chi connectivity index (χ3v) is 3.30. The van der Waals surface area contributed by atoms with Crippen molar-refractivity contribution in [3.05, 3.63) is 57.7 Å². The highest BCUT2D eigenvalue weighted by Crippen LogP contribution is 2.23. The van der Waals surface area contributed by atoms with Gasteiger partial charge in [-0.15, -0.1) is 10.2 Å². The lowest BCUT2D eigenvalue weighted by Gasteiger charge is -1.98. The van der Waals surface area contributed by atoms with E-state index in [2.05, 4.69) is 15.3 Å². The average Bonchev–Trinajstić information content (AvgIpc) is 3.06. The predicted octanol–water partition coefficient (Wildman–Crippen LogP) is 2.51. The number of aryl methyl sites for hydroxylation is 1. The molecule has 112 valence electrons. The zero-order chi connectivity index (χ0) is 15.7. The summed E-state index contributed by atoms with van der Waals surface area (Å²) in [7, 11) is 0. The first-order chi connectivity index (χ1) is 10.6. The minimum absolute atomic E-state index is 0.0165. The van der Waals surface area contributed by atoms with Crippen LogP contribution in [0.15, 0.2) is 34.7 Å². The molecule has 0 atom stereocenters. The fourth-order valence-corrected chi connectivity index (χ4v) is 2.25. The molecule has 8 heteroatoms. The molecular weight excluding hydrogens is 286 g/mol. The van der Waals surface area contributed by atoms with Crippen molar-refractivity contribution >= 4 is 5.69 Å². The molecule has 3 aromatic rings. The topological polar surface area (TPSA) is 99.9 Å². The van der Waals surface area contributed by atoms with Crippen molar-refractivity contribution in [3.63, 3.8) is 0 Å². The molecule has 0 bridgehead atoms. The van der Waals surface area contributed by atoms with Gasteiger partial charge in [-0.3, -0.25) is 14.8 Å². The van der Waals surface area contributed by atoms with Crippen LogP contribution in [0, 0.1) is 24.0 Å². The highest BCUT2D eigenvalue weighted by Gasteiger charge is 2.22. The lowest BCUT2D eigenvalue weighted by Crippen LogP contribution is -2.04. The van der Waals surface area contributed by atoms with E-state index < -0.39 is 4.92 Å². The summed E-state index contributed by atoms with van der Waals surface area (Å²) >= 11 is 0. The minimum atomic E-state index is -0.433. The van der Waals surface area contributed by atoms with Crippen LogP contribution in [0.5, 0.6) is 0 Å². The summed E-state index contributed by atoms with van der Waals surface area (Å²) in [4.78, 5) is 10.6. The van der Waals surface area contributed by atoms with Crippen LogP contribution in [0.3, 0.4) is 0 Å². The second-order valence-electron chi connectivity index (χ2n) is 4.80. The first-order valence-electron chi connectivity index (χ1n) is 6.62. The van der Waals surface area contributed by atoms with Gasteiger partial charge in [-0.2, -0.15) is 5.10 Å². The van der Waals surface area contributed by atoms with Gasteiger partial charge in [-0.1, -0.05) is 18.2 Å². The van der Waals surface area contributed by atoms with Gasteiger partial charge < -0.3 is 4.42 Å². The highest BCUT2D eigenvalue weighted by molar-refractivity contribution is 5.51. The van der Waals surface area contributed by atoms with Gasteiger partial charge in [0.25, 0.3) is 0 Å². The minimum Gasteiger partial charge on any atom is -0.419 e. The number of nitro groups is 1. The van der Waals surface area contributed by atoms with Crippen LogP contribution in [-0.2, 0) is 6.54 Å². The van der Waals surface area contributed by atoms with Crippen LogP contribution in [0.1, 0.15) is 17.3 Å². The Morgan fingerprint density at radius 2 is 1.95 bits per heavy atom. The van der Waals surface area contributed by atoms with Gasteiger partial charge in [-0.05, 0) is 26.0 Å². The van der Waals surface area contributed by atoms with E-state index in [0.29, 0.717) is 23.2 Å². The monoisotopic (exact) mass is 299 g/mol. The van der Waals surface area contributed by atoms with Gasteiger partial charge in [0.1, 0.15) is 17.9 Å². The second kappa shape index (κ2) is 5.40. The maximum absolute atomic E-state index is 11.0. The molecule has 0 N–H and O–H groups in total. The smallest absolute Gasteiger partial charge is 0.312 e. The van der Waals surface area contributed by atoms with Gasteiger partial charge >= 0.3 is 5.69 Å². The van der Waals surface area contributed by atoms with Crippen molar-refractivity contribution in [2.45, 2.75) is 20.4 Å². The van der Waals surface area contributed by atoms with Crippen LogP contribution in [-0.4, -0.2) is 24.9 Å². The average molecular weight is 299 g/mol. The maximum Gasteiger partial charge on any atom is 0.312 e. The maximum atomic E-state index is 11.0. The van der Waals surface area contributed by atoms with Crippen LogP contribution < -0.4 is 0 Å². The Morgan fingerprint density at radius 3 is 2.59 bits per heavy atom. The molecule has 8 nitrogen and oxygen atoms in total. The van der Waals surface area contributed by atoms with Crippen molar-refractivity contribution < 1.29 is 9.34 Å². The number of hydrogen-bond donors (Lipinski definition) is 0. The zero-order valence-electron chi connectivity index (χ0n) is 12.1. The van der Waals surface area contributed by atoms with E-state index in [1.165, 1.54) is 4.68 Å². The summed E-state index contributed by atoms with van der Waals surface area (Å²) in [6.07, 6.45) is 0. The molecule has 0 unspecified atom stereocenters. The van der Waals surface area contributed by atoms with E-state index in [1.54, 1.807) is 13.8 Å². The molecular formula is C14H13N5O3. The predicted molar refractivity (Wildman–Crippen MR) is 77.2 cm³/mol. The third kappa shape index (κ3) is 2.46. The van der Waals surface area contributed by atoms with E-state index in [1.807, 2.05) is 30.3 Å². The molecule has 0 aliphatic carbocycles.